The second-order valence-electron chi connectivity index (χ2n) is 7.28. The number of nitrogens with one attached hydrogen (secondary N) is 2. The first kappa shape index (κ1) is 19.7. The lowest BCUT2D eigenvalue weighted by Gasteiger charge is -2.29. The molecule has 130 valence electrons. The summed E-state index contributed by atoms with van der Waals surface area (Å²) in [6.07, 6.45) is 0. The molecule has 0 saturated carbocycles. The van der Waals surface area contributed by atoms with E-state index in [0.717, 1.165) is 5.56 Å². The Kier molecular flexibility index (Phi) is 6.13. The molecule has 0 radical (unpaired) electrons. The zero-order valence-electron chi connectivity index (χ0n) is 14.7. The smallest absolute Gasteiger partial charge is 0.267 e. The van der Waals surface area contributed by atoms with E-state index in [9.17, 15) is 9.59 Å². The van der Waals surface area contributed by atoms with Crippen LogP contribution in [0.25, 0.3) is 0 Å². The number of nitrogens with two attached hydrogens (primary N) is 1. The fraction of sp³-hybridized carbons (Fsp3) is 0.444. The van der Waals surface area contributed by atoms with Gasteiger partial charge in [0.15, 0.2) is 0 Å². The monoisotopic (exact) mass is 331 g/mol. The molecule has 1 atom stereocenters. The maximum atomic E-state index is 12.3. The van der Waals surface area contributed by atoms with E-state index in [-0.39, 0.29) is 5.41 Å². The molecule has 0 saturated heterocycles. The summed E-state index contributed by atoms with van der Waals surface area (Å²) in [5.41, 5.74) is 7.42. The third kappa shape index (κ3) is 6.03. The van der Waals surface area contributed by atoms with Crippen molar-refractivity contribution in [3.63, 3.8) is 0 Å². The average Bonchev–Trinajstić information content (AvgIpc) is 2.48. The molecule has 1 rings (SSSR count). The van der Waals surface area contributed by atoms with Crippen molar-refractivity contribution in [2.75, 3.05) is 0 Å². The van der Waals surface area contributed by atoms with Gasteiger partial charge in [-0.15, -0.1) is 0 Å². The first-order valence-electron chi connectivity index (χ1n) is 7.61. The molecule has 5 N–H and O–H groups in total. The van der Waals surface area contributed by atoms with Gasteiger partial charge in [-0.05, 0) is 58.9 Å². The van der Waals surface area contributed by atoms with Gasteiger partial charge >= 0.3 is 0 Å². The fourth-order valence-electron chi connectivity index (χ4n) is 1.83. The Labute approximate surface area is 142 Å². The molecular formula is C18H25N3O3. The molecule has 0 bridgehead atoms. The number of hydroxylamine groups is 1. The standard InChI is InChI=1S/C18H25N3O3/c1-17(2,3)11-10-12-6-8-13(9-7-12)15(22)20-14(16(23)21-24)18(4,5)19/h6-9,14,24H,19H2,1-5H3,(H,20,22)(H,21,23)/t14-/m1/s1. The van der Waals surface area contributed by atoms with Crippen molar-refractivity contribution < 1.29 is 14.8 Å². The number of hydrogen-bond donors (Lipinski definition) is 4. The normalized spacial score (nSPS) is 12.6. The van der Waals surface area contributed by atoms with Crippen molar-refractivity contribution >= 4 is 11.8 Å². The van der Waals surface area contributed by atoms with Crippen LogP contribution in [-0.4, -0.2) is 28.6 Å². The van der Waals surface area contributed by atoms with Gasteiger partial charge in [0, 0.05) is 22.1 Å². The molecule has 0 heterocycles. The largest absolute Gasteiger partial charge is 0.338 e. The number of amides is 2. The highest BCUT2D eigenvalue weighted by Crippen LogP contribution is 2.12. The molecule has 2 amide bonds. The lowest BCUT2D eigenvalue weighted by atomic mass is 9.95. The Balaban J connectivity index is 2.91. The maximum absolute atomic E-state index is 12.3. The summed E-state index contributed by atoms with van der Waals surface area (Å²) in [5, 5.41) is 11.3. The Hall–Kier alpha value is -2.36. The lowest BCUT2D eigenvalue weighted by molar-refractivity contribution is -0.132. The topological polar surface area (TPSA) is 104 Å². The van der Waals surface area contributed by atoms with Crippen LogP contribution in [0.5, 0.6) is 0 Å². The molecule has 6 heteroatoms. The van der Waals surface area contributed by atoms with Crippen molar-refractivity contribution in [1.82, 2.24) is 10.8 Å². The highest BCUT2D eigenvalue weighted by Gasteiger charge is 2.33. The summed E-state index contributed by atoms with van der Waals surface area (Å²) < 4.78 is 0. The molecule has 0 fully saturated rings. The van der Waals surface area contributed by atoms with Gasteiger partial charge in [-0.3, -0.25) is 14.8 Å². The van der Waals surface area contributed by atoms with Crippen LogP contribution in [0.2, 0.25) is 0 Å². The lowest BCUT2D eigenvalue weighted by Crippen LogP contribution is -2.61. The Bertz CT molecular complexity index is 656. The molecule has 6 nitrogen and oxygen atoms in total. The van der Waals surface area contributed by atoms with Crippen molar-refractivity contribution in [3.8, 4) is 11.8 Å². The van der Waals surface area contributed by atoms with Gasteiger partial charge in [-0.2, -0.15) is 0 Å². The number of rotatable bonds is 4. The van der Waals surface area contributed by atoms with E-state index in [1.807, 2.05) is 20.8 Å². The highest BCUT2D eigenvalue weighted by atomic mass is 16.5. The Morgan fingerprint density at radius 2 is 1.67 bits per heavy atom. The van der Waals surface area contributed by atoms with Gasteiger partial charge in [-0.25, -0.2) is 5.48 Å². The first-order chi connectivity index (χ1) is 10.9. The quantitative estimate of drug-likeness (QED) is 0.380. The summed E-state index contributed by atoms with van der Waals surface area (Å²) in [6, 6.07) is 5.65. The van der Waals surface area contributed by atoms with E-state index < -0.39 is 23.4 Å². The molecule has 24 heavy (non-hydrogen) atoms. The van der Waals surface area contributed by atoms with Crippen LogP contribution in [-0.2, 0) is 4.79 Å². The second kappa shape index (κ2) is 7.47. The number of benzene rings is 1. The summed E-state index contributed by atoms with van der Waals surface area (Å²) in [4.78, 5) is 24.0. The van der Waals surface area contributed by atoms with E-state index in [2.05, 4.69) is 17.2 Å². The van der Waals surface area contributed by atoms with Crippen molar-refractivity contribution in [2.45, 2.75) is 46.2 Å². The zero-order chi connectivity index (χ0) is 18.5. The Morgan fingerprint density at radius 1 is 1.12 bits per heavy atom. The fourth-order valence-corrected chi connectivity index (χ4v) is 1.83. The highest BCUT2D eigenvalue weighted by molar-refractivity contribution is 5.97. The molecular weight excluding hydrogens is 306 g/mol. The van der Waals surface area contributed by atoms with Crippen molar-refractivity contribution in [3.05, 3.63) is 35.4 Å². The van der Waals surface area contributed by atoms with E-state index in [1.165, 1.54) is 5.48 Å². The summed E-state index contributed by atoms with van der Waals surface area (Å²) in [7, 11) is 0. The molecule has 1 aromatic rings. The summed E-state index contributed by atoms with van der Waals surface area (Å²) >= 11 is 0. The second-order valence-corrected chi connectivity index (χ2v) is 7.28. The summed E-state index contributed by atoms with van der Waals surface area (Å²) in [5.74, 6) is 4.92. The number of hydrogen-bond acceptors (Lipinski definition) is 4. The first-order valence-corrected chi connectivity index (χ1v) is 7.61. The third-order valence-electron chi connectivity index (χ3n) is 3.12. The summed E-state index contributed by atoms with van der Waals surface area (Å²) in [6.45, 7) is 9.21. The van der Waals surface area contributed by atoms with E-state index in [0.29, 0.717) is 5.56 Å². The van der Waals surface area contributed by atoms with Crippen molar-refractivity contribution in [1.29, 1.82) is 0 Å². The van der Waals surface area contributed by atoms with Gasteiger partial charge in [0.1, 0.15) is 6.04 Å². The van der Waals surface area contributed by atoms with Crippen LogP contribution in [0.1, 0.15) is 50.5 Å². The minimum atomic E-state index is -1.07. The third-order valence-corrected chi connectivity index (χ3v) is 3.12. The molecule has 0 aliphatic rings. The molecule has 1 aromatic carbocycles. The SMILES string of the molecule is CC(C)(C)C#Cc1ccc(C(=O)N[C@H](C(=O)NO)C(C)(C)N)cc1. The van der Waals surface area contributed by atoms with Gasteiger partial charge < -0.3 is 11.1 Å². The molecule has 0 aromatic heterocycles. The predicted octanol–water partition coefficient (Wildman–Crippen LogP) is 1.43. The molecule has 0 aliphatic heterocycles. The maximum Gasteiger partial charge on any atom is 0.267 e. The van der Waals surface area contributed by atoms with Crippen LogP contribution in [0, 0.1) is 17.3 Å². The van der Waals surface area contributed by atoms with E-state index in [1.54, 1.807) is 38.1 Å². The minimum Gasteiger partial charge on any atom is -0.338 e. The molecule has 0 spiro atoms. The van der Waals surface area contributed by atoms with Crippen LogP contribution >= 0.6 is 0 Å². The minimum absolute atomic E-state index is 0.104. The average molecular weight is 331 g/mol. The molecule has 0 aliphatic carbocycles. The van der Waals surface area contributed by atoms with Crippen LogP contribution in [0.3, 0.4) is 0 Å². The van der Waals surface area contributed by atoms with Gasteiger partial charge in [-0.1, -0.05) is 11.8 Å². The van der Waals surface area contributed by atoms with Gasteiger partial charge in [0.2, 0.25) is 0 Å². The predicted molar refractivity (Wildman–Crippen MR) is 92.2 cm³/mol. The van der Waals surface area contributed by atoms with E-state index >= 15 is 0 Å². The van der Waals surface area contributed by atoms with Gasteiger partial charge in [0.05, 0.1) is 0 Å². The number of carbonyl (C=O) groups excluding carboxylic acids is 2. The van der Waals surface area contributed by atoms with E-state index in [4.69, 9.17) is 10.9 Å². The van der Waals surface area contributed by atoms with Crippen LogP contribution in [0.15, 0.2) is 24.3 Å². The van der Waals surface area contributed by atoms with Crippen LogP contribution in [0.4, 0.5) is 0 Å². The molecule has 0 unspecified atom stereocenters. The zero-order valence-corrected chi connectivity index (χ0v) is 14.7. The van der Waals surface area contributed by atoms with Gasteiger partial charge in [0.25, 0.3) is 11.8 Å². The van der Waals surface area contributed by atoms with Crippen LogP contribution < -0.4 is 16.5 Å². The van der Waals surface area contributed by atoms with Crippen molar-refractivity contribution in [2.24, 2.45) is 11.1 Å². The Morgan fingerprint density at radius 3 is 2.08 bits per heavy atom. The number of carbonyl (C=O) groups is 2.